The van der Waals surface area contributed by atoms with Crippen LogP contribution in [0, 0.1) is 0 Å². The minimum atomic E-state index is -4.31. The Morgan fingerprint density at radius 1 is 1.00 bits per heavy atom. The van der Waals surface area contributed by atoms with E-state index in [1.165, 1.54) is 21.3 Å². The highest BCUT2D eigenvalue weighted by Crippen LogP contribution is 2.39. The van der Waals surface area contributed by atoms with Crippen LogP contribution in [0.15, 0.2) is 17.0 Å². The first-order chi connectivity index (χ1) is 7.43. The SMILES string of the molecule is COc1cc(S(=O)(=O)O)cc(OC)c1OC. The molecular weight excluding hydrogens is 236 g/mol. The van der Waals surface area contributed by atoms with Crippen LogP contribution in [0.5, 0.6) is 17.2 Å². The molecule has 0 amide bonds. The highest BCUT2D eigenvalue weighted by atomic mass is 32.2. The molecule has 1 aromatic carbocycles. The first-order valence-electron chi connectivity index (χ1n) is 4.21. The van der Waals surface area contributed by atoms with E-state index in [2.05, 4.69) is 0 Å². The summed E-state index contributed by atoms with van der Waals surface area (Å²) >= 11 is 0. The maximum atomic E-state index is 11.0. The quantitative estimate of drug-likeness (QED) is 0.799. The average Bonchev–Trinajstić information content (AvgIpc) is 2.25. The Kier molecular flexibility index (Phi) is 3.61. The van der Waals surface area contributed by atoms with Crippen LogP contribution < -0.4 is 14.2 Å². The van der Waals surface area contributed by atoms with Crippen molar-refractivity contribution in [2.45, 2.75) is 4.90 Å². The second-order valence-corrected chi connectivity index (χ2v) is 4.26. The molecule has 90 valence electrons. The molecule has 0 saturated heterocycles. The van der Waals surface area contributed by atoms with Gasteiger partial charge in [0.15, 0.2) is 11.5 Å². The van der Waals surface area contributed by atoms with Gasteiger partial charge in [0, 0.05) is 12.1 Å². The molecule has 0 radical (unpaired) electrons. The van der Waals surface area contributed by atoms with Gasteiger partial charge in [0.2, 0.25) is 5.75 Å². The van der Waals surface area contributed by atoms with Gasteiger partial charge < -0.3 is 14.2 Å². The molecule has 0 aliphatic rings. The fraction of sp³-hybridized carbons (Fsp3) is 0.333. The molecule has 0 bridgehead atoms. The van der Waals surface area contributed by atoms with Crippen LogP contribution in [0.2, 0.25) is 0 Å². The third-order valence-corrected chi connectivity index (χ3v) is 2.77. The van der Waals surface area contributed by atoms with Crippen LogP contribution in [-0.2, 0) is 10.1 Å². The zero-order valence-electron chi connectivity index (χ0n) is 9.05. The Morgan fingerprint density at radius 2 is 1.44 bits per heavy atom. The molecule has 0 spiro atoms. The normalized spacial score (nSPS) is 11.0. The summed E-state index contributed by atoms with van der Waals surface area (Å²) in [5.74, 6) is 0.585. The maximum absolute atomic E-state index is 11.0. The summed E-state index contributed by atoms with van der Waals surface area (Å²) in [6.07, 6.45) is 0. The van der Waals surface area contributed by atoms with E-state index in [4.69, 9.17) is 18.8 Å². The lowest BCUT2D eigenvalue weighted by Gasteiger charge is -2.12. The number of methoxy groups -OCH3 is 3. The molecular formula is C9H12O6S. The Labute approximate surface area is 93.5 Å². The average molecular weight is 248 g/mol. The Bertz CT molecular complexity index is 454. The van der Waals surface area contributed by atoms with Gasteiger partial charge in [0.1, 0.15) is 4.90 Å². The molecule has 0 saturated carbocycles. The summed E-state index contributed by atoms with van der Waals surface area (Å²) < 4.78 is 45.7. The highest BCUT2D eigenvalue weighted by Gasteiger charge is 2.19. The zero-order valence-corrected chi connectivity index (χ0v) is 9.87. The molecule has 0 heterocycles. The monoisotopic (exact) mass is 248 g/mol. The van der Waals surface area contributed by atoms with Crippen LogP contribution >= 0.6 is 0 Å². The second kappa shape index (κ2) is 4.58. The van der Waals surface area contributed by atoms with Crippen molar-refractivity contribution < 1.29 is 27.2 Å². The molecule has 1 aromatic rings. The second-order valence-electron chi connectivity index (χ2n) is 2.84. The summed E-state index contributed by atoms with van der Waals surface area (Å²) in [6.45, 7) is 0. The lowest BCUT2D eigenvalue weighted by atomic mass is 10.3. The van der Waals surface area contributed by atoms with Crippen molar-refractivity contribution >= 4 is 10.1 Å². The topological polar surface area (TPSA) is 82.1 Å². The van der Waals surface area contributed by atoms with E-state index in [1.807, 2.05) is 0 Å². The molecule has 6 nitrogen and oxygen atoms in total. The number of hydrogen-bond donors (Lipinski definition) is 1. The third-order valence-electron chi connectivity index (χ3n) is 1.94. The summed E-state index contributed by atoms with van der Waals surface area (Å²) in [7, 11) is -0.208. The van der Waals surface area contributed by atoms with Gasteiger partial charge in [-0.3, -0.25) is 4.55 Å². The summed E-state index contributed by atoms with van der Waals surface area (Å²) in [5, 5.41) is 0. The first kappa shape index (κ1) is 12.6. The number of hydrogen-bond acceptors (Lipinski definition) is 5. The van der Waals surface area contributed by atoms with Crippen LogP contribution in [0.25, 0.3) is 0 Å². The van der Waals surface area contributed by atoms with E-state index in [1.54, 1.807) is 0 Å². The van der Waals surface area contributed by atoms with Crippen molar-refractivity contribution in [2.75, 3.05) is 21.3 Å². The molecule has 0 aromatic heterocycles. The highest BCUT2D eigenvalue weighted by molar-refractivity contribution is 7.85. The van der Waals surface area contributed by atoms with Gasteiger partial charge in [-0.05, 0) is 0 Å². The third kappa shape index (κ3) is 2.37. The van der Waals surface area contributed by atoms with Gasteiger partial charge in [-0.2, -0.15) is 8.42 Å². The Hall–Kier alpha value is -1.47. The molecule has 16 heavy (non-hydrogen) atoms. The van der Waals surface area contributed by atoms with Crippen LogP contribution in [0.4, 0.5) is 0 Å². The standard InChI is InChI=1S/C9H12O6S/c1-13-7-4-6(16(10,11)12)5-8(14-2)9(7)15-3/h4-5H,1-3H3,(H,10,11,12). The molecule has 0 aliphatic carbocycles. The fourth-order valence-corrected chi connectivity index (χ4v) is 1.72. The van der Waals surface area contributed by atoms with Crippen molar-refractivity contribution in [1.82, 2.24) is 0 Å². The molecule has 0 aliphatic heterocycles. The van der Waals surface area contributed by atoms with Crippen molar-refractivity contribution in [2.24, 2.45) is 0 Å². The van der Waals surface area contributed by atoms with Crippen molar-refractivity contribution in [3.8, 4) is 17.2 Å². The fourth-order valence-electron chi connectivity index (χ4n) is 1.21. The lowest BCUT2D eigenvalue weighted by molar-refractivity contribution is 0.322. The predicted octanol–water partition coefficient (Wildman–Crippen LogP) is 0.959. The van der Waals surface area contributed by atoms with E-state index in [0.717, 1.165) is 12.1 Å². The van der Waals surface area contributed by atoms with Gasteiger partial charge in [0.25, 0.3) is 10.1 Å². The summed E-state index contributed by atoms with van der Waals surface area (Å²) in [4.78, 5) is -0.318. The van der Waals surface area contributed by atoms with E-state index in [-0.39, 0.29) is 22.1 Å². The Morgan fingerprint density at radius 3 is 1.69 bits per heavy atom. The van der Waals surface area contributed by atoms with Crippen molar-refractivity contribution in [1.29, 1.82) is 0 Å². The van der Waals surface area contributed by atoms with Crippen molar-refractivity contribution in [3.05, 3.63) is 12.1 Å². The van der Waals surface area contributed by atoms with Crippen molar-refractivity contribution in [3.63, 3.8) is 0 Å². The number of ether oxygens (including phenoxy) is 3. The maximum Gasteiger partial charge on any atom is 0.294 e. The minimum absolute atomic E-state index is 0.162. The zero-order chi connectivity index (χ0) is 12.3. The molecule has 1 N–H and O–H groups in total. The first-order valence-corrected chi connectivity index (χ1v) is 5.65. The van der Waals surface area contributed by atoms with E-state index < -0.39 is 10.1 Å². The number of rotatable bonds is 4. The number of benzene rings is 1. The molecule has 0 unspecified atom stereocenters. The largest absolute Gasteiger partial charge is 0.493 e. The van der Waals surface area contributed by atoms with E-state index in [0.29, 0.717) is 0 Å². The van der Waals surface area contributed by atoms with Gasteiger partial charge in [0.05, 0.1) is 21.3 Å². The van der Waals surface area contributed by atoms with Crippen LogP contribution in [0.1, 0.15) is 0 Å². The summed E-state index contributed by atoms with van der Waals surface area (Å²) in [5.41, 5.74) is 0. The van der Waals surface area contributed by atoms with Gasteiger partial charge in [-0.1, -0.05) is 0 Å². The van der Waals surface area contributed by atoms with Gasteiger partial charge in [-0.25, -0.2) is 0 Å². The molecule has 0 fully saturated rings. The van der Waals surface area contributed by atoms with E-state index in [9.17, 15) is 8.42 Å². The van der Waals surface area contributed by atoms with E-state index >= 15 is 0 Å². The molecule has 0 atom stereocenters. The summed E-state index contributed by atoms with van der Waals surface area (Å²) in [6, 6.07) is 2.30. The van der Waals surface area contributed by atoms with Crippen LogP contribution in [0.3, 0.4) is 0 Å². The smallest absolute Gasteiger partial charge is 0.294 e. The lowest BCUT2D eigenvalue weighted by Crippen LogP contribution is -2.02. The van der Waals surface area contributed by atoms with Gasteiger partial charge >= 0.3 is 0 Å². The molecule has 1 rings (SSSR count). The Balaban J connectivity index is 3.49. The predicted molar refractivity (Wildman–Crippen MR) is 55.9 cm³/mol. The minimum Gasteiger partial charge on any atom is -0.493 e. The van der Waals surface area contributed by atoms with Gasteiger partial charge in [-0.15, -0.1) is 0 Å². The van der Waals surface area contributed by atoms with Crippen LogP contribution in [-0.4, -0.2) is 34.3 Å². The molecule has 7 heteroatoms.